The van der Waals surface area contributed by atoms with E-state index < -0.39 is 5.91 Å². The maximum absolute atomic E-state index is 12.5. The average molecular weight is 520 g/mol. The first-order chi connectivity index (χ1) is 18.5. The number of carbonyl (C=O) groups is 2. The number of piperidine rings is 1. The van der Waals surface area contributed by atoms with Crippen LogP contribution in [0.3, 0.4) is 0 Å². The van der Waals surface area contributed by atoms with Gasteiger partial charge in [-0.3, -0.25) is 4.79 Å². The number of hydrogen-bond donors (Lipinski definition) is 4. The number of carbonyl (C=O) groups excluding carboxylic acids is 2. The van der Waals surface area contributed by atoms with E-state index in [-0.39, 0.29) is 23.6 Å². The van der Waals surface area contributed by atoms with Gasteiger partial charge in [0.1, 0.15) is 18.2 Å². The smallest absolute Gasteiger partial charge is 0.315 e. The molecule has 1 fully saturated rings. The first kappa shape index (κ1) is 26.7. The van der Waals surface area contributed by atoms with Crippen molar-refractivity contribution in [3.8, 4) is 5.75 Å². The van der Waals surface area contributed by atoms with Crippen LogP contribution in [-0.2, 0) is 11.3 Å². The molecule has 11 nitrogen and oxygen atoms in total. The molecule has 1 atom stereocenters. The third-order valence-corrected chi connectivity index (χ3v) is 6.04. The van der Waals surface area contributed by atoms with E-state index in [0.717, 1.165) is 24.9 Å². The summed E-state index contributed by atoms with van der Waals surface area (Å²) >= 11 is 0. The minimum atomic E-state index is -0.681. The number of methoxy groups -OCH3 is 1. The molecule has 2 aromatic carbocycles. The number of ether oxygens (including phenoxy) is 2. The number of amides is 3. The fourth-order valence-corrected chi connectivity index (χ4v) is 4.13. The minimum absolute atomic E-state index is 0.0427. The maximum Gasteiger partial charge on any atom is 0.315 e. The molecule has 0 saturated carbocycles. The number of hydrogen-bond acceptors (Lipinski definition) is 8. The molecule has 2 heterocycles. The fourth-order valence-electron chi connectivity index (χ4n) is 4.13. The fraction of sp³-hybridized carbons (Fsp3) is 0.333. The van der Waals surface area contributed by atoms with Crippen molar-refractivity contribution in [2.45, 2.75) is 25.4 Å². The molecule has 1 aliphatic rings. The van der Waals surface area contributed by atoms with Gasteiger partial charge in [0.25, 0.3) is 5.91 Å². The Morgan fingerprint density at radius 3 is 2.63 bits per heavy atom. The van der Waals surface area contributed by atoms with Gasteiger partial charge >= 0.3 is 6.03 Å². The Kier molecular flexibility index (Phi) is 9.30. The molecular weight excluding hydrogens is 486 g/mol. The van der Waals surface area contributed by atoms with E-state index in [1.54, 1.807) is 7.11 Å². The summed E-state index contributed by atoms with van der Waals surface area (Å²) < 4.78 is 10.6. The van der Waals surface area contributed by atoms with Crippen LogP contribution in [-0.4, -0.2) is 61.4 Å². The van der Waals surface area contributed by atoms with E-state index in [0.29, 0.717) is 43.6 Å². The highest BCUT2D eigenvalue weighted by molar-refractivity contribution is 5.96. The second-order valence-electron chi connectivity index (χ2n) is 8.88. The van der Waals surface area contributed by atoms with Gasteiger partial charge in [0.05, 0.1) is 12.8 Å². The van der Waals surface area contributed by atoms with Crippen molar-refractivity contribution in [3.05, 3.63) is 72.1 Å². The number of nitrogens with two attached hydrogens (primary N) is 1. The quantitative estimate of drug-likeness (QED) is 0.283. The lowest BCUT2D eigenvalue weighted by molar-refractivity contribution is 0.0996. The molecule has 1 aliphatic heterocycles. The Morgan fingerprint density at radius 1 is 1.11 bits per heavy atom. The van der Waals surface area contributed by atoms with E-state index in [4.69, 9.17) is 15.2 Å². The first-order valence-electron chi connectivity index (χ1n) is 12.5. The van der Waals surface area contributed by atoms with Crippen molar-refractivity contribution in [2.24, 2.45) is 5.73 Å². The summed E-state index contributed by atoms with van der Waals surface area (Å²) in [6.45, 7) is 2.72. The summed E-state index contributed by atoms with van der Waals surface area (Å²) in [7, 11) is 1.62. The van der Waals surface area contributed by atoms with Crippen molar-refractivity contribution in [1.82, 2.24) is 20.6 Å². The van der Waals surface area contributed by atoms with E-state index in [1.165, 1.54) is 6.20 Å². The monoisotopic (exact) mass is 519 g/mol. The molecule has 3 aromatic rings. The molecular formula is C27H33N7O4. The van der Waals surface area contributed by atoms with Gasteiger partial charge in [-0.25, -0.2) is 14.8 Å². The van der Waals surface area contributed by atoms with Crippen molar-refractivity contribution in [1.29, 1.82) is 0 Å². The number of nitrogens with zero attached hydrogens (tertiary/aromatic N) is 3. The van der Waals surface area contributed by atoms with Gasteiger partial charge in [-0.1, -0.05) is 30.3 Å². The first-order valence-corrected chi connectivity index (χ1v) is 12.5. The van der Waals surface area contributed by atoms with E-state index >= 15 is 0 Å². The van der Waals surface area contributed by atoms with Crippen LogP contribution in [0, 0.1) is 0 Å². The van der Waals surface area contributed by atoms with Gasteiger partial charge in [0, 0.05) is 38.5 Å². The van der Waals surface area contributed by atoms with E-state index in [2.05, 4.69) is 25.9 Å². The molecule has 1 saturated heterocycles. The van der Waals surface area contributed by atoms with Gasteiger partial charge in [-0.2, -0.15) is 0 Å². The molecule has 0 radical (unpaired) electrons. The van der Waals surface area contributed by atoms with Crippen molar-refractivity contribution in [3.63, 3.8) is 0 Å². The number of urea groups is 1. The Morgan fingerprint density at radius 2 is 1.89 bits per heavy atom. The normalized spacial score (nSPS) is 15.0. The molecule has 5 N–H and O–H groups in total. The molecule has 38 heavy (non-hydrogen) atoms. The number of benzene rings is 2. The van der Waals surface area contributed by atoms with Crippen molar-refractivity contribution in [2.75, 3.05) is 43.6 Å². The molecule has 11 heteroatoms. The maximum atomic E-state index is 12.5. The molecule has 3 amide bonds. The summed E-state index contributed by atoms with van der Waals surface area (Å²) in [4.78, 5) is 35.5. The van der Waals surface area contributed by atoms with Crippen LogP contribution in [0.15, 0.2) is 60.8 Å². The summed E-state index contributed by atoms with van der Waals surface area (Å²) in [5.74, 6) is 0.869. The van der Waals surface area contributed by atoms with Crippen LogP contribution < -0.4 is 31.3 Å². The molecule has 0 spiro atoms. The van der Waals surface area contributed by atoms with Gasteiger partial charge in [0.2, 0.25) is 0 Å². The van der Waals surface area contributed by atoms with Crippen LogP contribution >= 0.6 is 0 Å². The minimum Gasteiger partial charge on any atom is -0.491 e. The molecule has 0 unspecified atom stereocenters. The number of anilines is 3. The van der Waals surface area contributed by atoms with Gasteiger partial charge < -0.3 is 36.1 Å². The van der Waals surface area contributed by atoms with Crippen LogP contribution in [0.2, 0.25) is 0 Å². The lowest BCUT2D eigenvalue weighted by Gasteiger charge is -2.34. The molecule has 0 aliphatic carbocycles. The number of primary amides is 1. The predicted molar refractivity (Wildman–Crippen MR) is 145 cm³/mol. The third kappa shape index (κ3) is 7.56. The highest BCUT2D eigenvalue weighted by Gasteiger charge is 2.24. The number of nitrogens with one attached hydrogen (secondary N) is 3. The number of aromatic nitrogens is 2. The summed E-state index contributed by atoms with van der Waals surface area (Å²) in [6, 6.07) is 16.7. The number of rotatable bonds is 11. The zero-order valence-corrected chi connectivity index (χ0v) is 21.4. The molecule has 0 bridgehead atoms. The summed E-state index contributed by atoms with van der Waals surface area (Å²) in [5.41, 5.74) is 7.33. The highest BCUT2D eigenvalue weighted by atomic mass is 16.5. The molecule has 200 valence electrons. The standard InChI is InChI=1S/C27H33N7O4/c1-37-14-15-38-22-11-9-20(10-12-22)31-26-24(25(28)35)29-17-23(33-26)34-13-5-8-21(18-34)32-27(36)30-16-19-6-3-2-4-7-19/h2-4,6-7,9-12,17,21H,5,8,13-16,18H2,1H3,(H2,28,35)(H,31,33)(H2,30,32,36)/t21-/m1/s1. The predicted octanol–water partition coefficient (Wildman–Crippen LogP) is 2.81. The lowest BCUT2D eigenvalue weighted by atomic mass is 10.1. The topological polar surface area (TPSA) is 144 Å². The Labute approximate surface area is 221 Å². The largest absolute Gasteiger partial charge is 0.491 e. The highest BCUT2D eigenvalue weighted by Crippen LogP contribution is 2.24. The Balaban J connectivity index is 1.39. The van der Waals surface area contributed by atoms with Crippen molar-refractivity contribution >= 4 is 29.3 Å². The molecule has 4 rings (SSSR count). The zero-order valence-electron chi connectivity index (χ0n) is 21.4. The second-order valence-corrected chi connectivity index (χ2v) is 8.88. The van der Waals surface area contributed by atoms with Crippen LogP contribution in [0.4, 0.5) is 22.1 Å². The SMILES string of the molecule is COCCOc1ccc(Nc2nc(N3CCC[C@@H](NC(=O)NCc4ccccc4)C3)cnc2C(N)=O)cc1. The van der Waals surface area contributed by atoms with Gasteiger partial charge in [-0.05, 0) is 42.7 Å². The lowest BCUT2D eigenvalue weighted by Crippen LogP contribution is -2.50. The van der Waals surface area contributed by atoms with Gasteiger partial charge in [0.15, 0.2) is 11.5 Å². The summed E-state index contributed by atoms with van der Waals surface area (Å²) in [6.07, 6.45) is 3.26. The van der Waals surface area contributed by atoms with Gasteiger partial charge in [-0.15, -0.1) is 0 Å². The van der Waals surface area contributed by atoms with E-state index in [9.17, 15) is 9.59 Å². The second kappa shape index (κ2) is 13.2. The van der Waals surface area contributed by atoms with E-state index in [1.807, 2.05) is 59.5 Å². The van der Waals surface area contributed by atoms with Crippen LogP contribution in [0.1, 0.15) is 28.9 Å². The Hall–Kier alpha value is -4.38. The zero-order chi connectivity index (χ0) is 26.7. The molecule has 1 aromatic heterocycles. The van der Waals surface area contributed by atoms with Crippen LogP contribution in [0.5, 0.6) is 5.75 Å². The average Bonchev–Trinajstić information content (AvgIpc) is 2.93. The Bertz CT molecular complexity index is 1210. The van der Waals surface area contributed by atoms with Crippen molar-refractivity contribution < 1.29 is 19.1 Å². The third-order valence-electron chi connectivity index (χ3n) is 6.04. The summed E-state index contributed by atoms with van der Waals surface area (Å²) in [5, 5.41) is 9.09. The van der Waals surface area contributed by atoms with Crippen LogP contribution in [0.25, 0.3) is 0 Å².